The summed E-state index contributed by atoms with van der Waals surface area (Å²) in [5.74, 6) is 0. The highest BCUT2D eigenvalue weighted by Crippen LogP contribution is 2.37. The van der Waals surface area contributed by atoms with Crippen LogP contribution in [0.1, 0.15) is 11.1 Å². The Kier molecular flexibility index (Phi) is 4.13. The highest BCUT2D eigenvalue weighted by Gasteiger charge is 2.16. The molecule has 0 radical (unpaired) electrons. The number of fused-ring (bicyclic) bond motifs is 4. The molecule has 4 aromatic rings. The Hall–Kier alpha value is -2.51. The monoisotopic (exact) mass is 367 g/mol. The van der Waals surface area contributed by atoms with Crippen LogP contribution in [0.2, 0.25) is 0 Å². The van der Waals surface area contributed by atoms with Crippen LogP contribution < -0.4 is 0 Å². The van der Waals surface area contributed by atoms with Crippen molar-refractivity contribution in [2.24, 2.45) is 0 Å². The summed E-state index contributed by atoms with van der Waals surface area (Å²) < 4.78 is 37.6. The number of hydrogen-bond donors (Lipinski definition) is 1. The molecule has 0 aromatic heterocycles. The van der Waals surface area contributed by atoms with Crippen molar-refractivity contribution in [2.45, 2.75) is 13.2 Å². The van der Waals surface area contributed by atoms with Gasteiger partial charge in [-0.15, -0.1) is 0 Å². The topological polar surface area (TPSA) is 86.7 Å². The molecular weight excluding hydrogens is 352 g/mol. The van der Waals surface area contributed by atoms with Crippen LogP contribution in [0.25, 0.3) is 32.3 Å². The molecule has 0 fully saturated rings. The largest absolute Gasteiger partial charge is 0.726 e. The Morgan fingerprint density at radius 1 is 0.808 bits per heavy atom. The molecule has 132 valence electrons. The number of hydrogen-bond acceptors (Lipinski definition) is 5. The van der Waals surface area contributed by atoms with Gasteiger partial charge in [0.05, 0.1) is 13.2 Å². The van der Waals surface area contributed by atoms with E-state index in [0.29, 0.717) is 5.56 Å². The molecule has 0 aliphatic rings. The zero-order valence-electron chi connectivity index (χ0n) is 13.7. The fourth-order valence-corrected chi connectivity index (χ4v) is 3.85. The predicted molar refractivity (Wildman–Crippen MR) is 99.4 cm³/mol. The zero-order valence-corrected chi connectivity index (χ0v) is 14.5. The minimum atomic E-state index is -4.82. The summed E-state index contributed by atoms with van der Waals surface area (Å²) in [5.41, 5.74) is 1.37. The standard InChI is InChI=1S/C20H16O5S/c21-11-18-15-7-3-4-8-16(15)19(12-25-26(22,23)24)17-10-9-13-5-1-2-6-14(13)20(17)18/h1-10,21H,11-12H2,(H,22,23,24)/p-1. The van der Waals surface area contributed by atoms with E-state index in [1.807, 2.05) is 60.7 Å². The van der Waals surface area contributed by atoms with Crippen molar-refractivity contribution in [1.29, 1.82) is 0 Å². The van der Waals surface area contributed by atoms with Crippen LogP contribution in [0.3, 0.4) is 0 Å². The van der Waals surface area contributed by atoms with E-state index in [1.54, 1.807) is 0 Å². The summed E-state index contributed by atoms with van der Waals surface area (Å²) >= 11 is 0. The molecule has 26 heavy (non-hydrogen) atoms. The van der Waals surface area contributed by atoms with E-state index in [9.17, 15) is 18.1 Å². The maximum atomic E-state index is 11.0. The van der Waals surface area contributed by atoms with E-state index in [1.165, 1.54) is 0 Å². The third-order valence-corrected chi connectivity index (χ3v) is 5.05. The van der Waals surface area contributed by atoms with Crippen molar-refractivity contribution in [3.8, 4) is 0 Å². The first-order valence-electron chi connectivity index (χ1n) is 8.04. The van der Waals surface area contributed by atoms with Gasteiger partial charge < -0.3 is 9.66 Å². The lowest BCUT2D eigenvalue weighted by Crippen LogP contribution is -2.05. The number of rotatable bonds is 4. The lowest BCUT2D eigenvalue weighted by molar-refractivity contribution is 0.254. The fraction of sp³-hybridized carbons (Fsp3) is 0.100. The summed E-state index contributed by atoms with van der Waals surface area (Å²) in [5, 5.41) is 15.2. The first-order chi connectivity index (χ1) is 12.5. The van der Waals surface area contributed by atoms with Gasteiger partial charge in [-0.05, 0) is 43.4 Å². The van der Waals surface area contributed by atoms with Crippen molar-refractivity contribution < 1.29 is 22.3 Å². The number of aliphatic hydroxyl groups is 1. The van der Waals surface area contributed by atoms with Crippen LogP contribution in [0.15, 0.2) is 60.7 Å². The normalized spacial score (nSPS) is 12.2. The predicted octanol–water partition coefficient (Wildman–Crippen LogP) is 3.62. The summed E-state index contributed by atoms with van der Waals surface area (Å²) in [7, 11) is -4.82. The minimum Gasteiger partial charge on any atom is -0.726 e. The van der Waals surface area contributed by atoms with Gasteiger partial charge in [-0.2, -0.15) is 0 Å². The fourth-order valence-electron chi connectivity index (χ4n) is 3.59. The van der Waals surface area contributed by atoms with Gasteiger partial charge in [0, 0.05) is 0 Å². The molecule has 0 unspecified atom stereocenters. The maximum Gasteiger partial charge on any atom is 0.217 e. The van der Waals surface area contributed by atoms with Crippen LogP contribution in [-0.2, 0) is 27.8 Å². The summed E-state index contributed by atoms with van der Waals surface area (Å²) in [4.78, 5) is 0. The molecule has 0 bridgehead atoms. The van der Waals surface area contributed by atoms with Crippen molar-refractivity contribution in [1.82, 2.24) is 0 Å². The molecule has 0 aliphatic heterocycles. The van der Waals surface area contributed by atoms with Gasteiger partial charge in [0.2, 0.25) is 10.4 Å². The van der Waals surface area contributed by atoms with Gasteiger partial charge in [-0.3, -0.25) is 4.18 Å². The quantitative estimate of drug-likeness (QED) is 0.258. The lowest BCUT2D eigenvalue weighted by atomic mass is 9.89. The molecule has 1 N–H and O–H groups in total. The van der Waals surface area contributed by atoms with Crippen LogP contribution >= 0.6 is 0 Å². The van der Waals surface area contributed by atoms with Gasteiger partial charge in [0.25, 0.3) is 0 Å². The van der Waals surface area contributed by atoms with E-state index < -0.39 is 10.4 Å². The molecule has 0 amide bonds. The van der Waals surface area contributed by atoms with Crippen molar-refractivity contribution in [3.63, 3.8) is 0 Å². The minimum absolute atomic E-state index is 0.161. The second-order valence-electron chi connectivity index (χ2n) is 6.04. The highest BCUT2D eigenvalue weighted by molar-refractivity contribution is 7.80. The zero-order chi connectivity index (χ0) is 18.3. The van der Waals surface area contributed by atoms with Gasteiger partial charge in [-0.1, -0.05) is 60.7 Å². The van der Waals surface area contributed by atoms with Gasteiger partial charge in [-0.25, -0.2) is 8.42 Å². The molecule has 0 saturated heterocycles. The highest BCUT2D eigenvalue weighted by atomic mass is 32.3. The van der Waals surface area contributed by atoms with E-state index in [4.69, 9.17) is 0 Å². The van der Waals surface area contributed by atoms with Crippen molar-refractivity contribution in [2.75, 3.05) is 0 Å². The molecule has 5 nitrogen and oxygen atoms in total. The van der Waals surface area contributed by atoms with E-state index in [-0.39, 0.29) is 13.2 Å². The Morgan fingerprint density at radius 2 is 1.42 bits per heavy atom. The van der Waals surface area contributed by atoms with Crippen LogP contribution in [0.5, 0.6) is 0 Å². The molecule has 4 aromatic carbocycles. The molecular formula is C20H15O5S-. The SMILES string of the molecule is O=S(=O)([O-])OCc1c2ccccc2c(CO)c2c1ccc1ccccc12. The molecule has 0 spiro atoms. The average Bonchev–Trinajstić information content (AvgIpc) is 2.64. The number of benzene rings is 4. The van der Waals surface area contributed by atoms with E-state index in [0.717, 1.165) is 37.9 Å². The summed E-state index contributed by atoms with van der Waals surface area (Å²) in [6.45, 7) is -0.515. The second-order valence-corrected chi connectivity index (χ2v) is 7.09. The second kappa shape index (κ2) is 6.34. The Bertz CT molecular complexity index is 1250. The third-order valence-electron chi connectivity index (χ3n) is 4.64. The summed E-state index contributed by atoms with van der Waals surface area (Å²) in [6.07, 6.45) is 0. The van der Waals surface area contributed by atoms with Crippen LogP contribution in [0.4, 0.5) is 0 Å². The third kappa shape index (κ3) is 2.83. The van der Waals surface area contributed by atoms with E-state index in [2.05, 4.69) is 4.18 Å². The van der Waals surface area contributed by atoms with Gasteiger partial charge in [0.15, 0.2) is 0 Å². The molecule has 0 heterocycles. The molecule has 0 saturated carbocycles. The molecule has 0 aliphatic carbocycles. The number of aliphatic hydroxyl groups excluding tert-OH is 1. The molecule has 6 heteroatoms. The Morgan fingerprint density at radius 3 is 2.08 bits per heavy atom. The first-order valence-corrected chi connectivity index (χ1v) is 9.38. The van der Waals surface area contributed by atoms with Crippen LogP contribution in [0, 0.1) is 0 Å². The smallest absolute Gasteiger partial charge is 0.217 e. The Labute approximate surface area is 150 Å². The first kappa shape index (κ1) is 16.9. The van der Waals surface area contributed by atoms with Crippen LogP contribution in [-0.4, -0.2) is 18.1 Å². The Balaban J connectivity index is 2.18. The molecule has 4 rings (SSSR count). The van der Waals surface area contributed by atoms with E-state index >= 15 is 0 Å². The lowest BCUT2D eigenvalue weighted by Gasteiger charge is -2.18. The average molecular weight is 367 g/mol. The summed E-state index contributed by atoms with van der Waals surface area (Å²) in [6, 6.07) is 19.0. The van der Waals surface area contributed by atoms with Crippen molar-refractivity contribution >= 4 is 42.7 Å². The van der Waals surface area contributed by atoms with Crippen molar-refractivity contribution in [3.05, 3.63) is 71.8 Å². The van der Waals surface area contributed by atoms with Gasteiger partial charge in [0.1, 0.15) is 0 Å². The maximum absolute atomic E-state index is 11.0. The van der Waals surface area contributed by atoms with Gasteiger partial charge >= 0.3 is 0 Å². The molecule has 0 atom stereocenters.